The van der Waals surface area contributed by atoms with Gasteiger partial charge in [-0.15, -0.1) is 0 Å². The Labute approximate surface area is 171 Å². The van der Waals surface area contributed by atoms with Crippen molar-refractivity contribution in [2.75, 3.05) is 23.6 Å². The highest BCUT2D eigenvalue weighted by Crippen LogP contribution is 2.26. The first kappa shape index (κ1) is 20.8. The van der Waals surface area contributed by atoms with Gasteiger partial charge in [0.25, 0.3) is 0 Å². The Hall–Kier alpha value is -2.91. The standard InChI is InChI=1S/C19H21ClFN5O3/c20-13-3-4-16-15(9-13)24-18(25(16)8-2-1-6-21)12-26(29)17-10-22-7-5-14(17)23-11-19(27)28/h3-5,7,9-10,29H,1-2,6,8,11-12H2,(H,22,23)(H,27,28). The molecule has 3 rings (SSSR count). The fraction of sp³-hybridized carbons (Fsp3) is 0.316. The van der Waals surface area contributed by atoms with Gasteiger partial charge < -0.3 is 15.0 Å². The second kappa shape index (κ2) is 9.53. The number of pyridine rings is 1. The molecule has 0 aliphatic carbocycles. The number of fused-ring (bicyclic) bond motifs is 1. The third-order valence-electron chi connectivity index (χ3n) is 4.35. The fourth-order valence-corrected chi connectivity index (χ4v) is 3.19. The first-order chi connectivity index (χ1) is 14.0. The Bertz CT molecular complexity index is 997. The topological polar surface area (TPSA) is 104 Å². The monoisotopic (exact) mass is 421 g/mol. The lowest BCUT2D eigenvalue weighted by molar-refractivity contribution is -0.134. The zero-order valence-corrected chi connectivity index (χ0v) is 16.3. The maximum Gasteiger partial charge on any atom is 0.322 e. The molecule has 0 spiro atoms. The lowest BCUT2D eigenvalue weighted by Gasteiger charge is -2.20. The minimum Gasteiger partial charge on any atom is -0.480 e. The van der Waals surface area contributed by atoms with Gasteiger partial charge in [-0.05, 0) is 37.1 Å². The number of aryl methyl sites for hydroxylation is 1. The van der Waals surface area contributed by atoms with Gasteiger partial charge in [0.2, 0.25) is 0 Å². The van der Waals surface area contributed by atoms with Crippen molar-refractivity contribution in [3.05, 3.63) is 47.5 Å². The van der Waals surface area contributed by atoms with Gasteiger partial charge in [-0.2, -0.15) is 0 Å². The number of imidazole rings is 1. The number of aromatic nitrogens is 3. The molecule has 0 aliphatic heterocycles. The molecule has 0 fully saturated rings. The maximum absolute atomic E-state index is 12.5. The van der Waals surface area contributed by atoms with Crippen LogP contribution in [0.3, 0.4) is 0 Å². The minimum absolute atomic E-state index is 0.0232. The molecule has 2 heterocycles. The van der Waals surface area contributed by atoms with Crippen molar-refractivity contribution in [2.45, 2.75) is 25.9 Å². The highest BCUT2D eigenvalue weighted by molar-refractivity contribution is 6.31. The van der Waals surface area contributed by atoms with E-state index in [4.69, 9.17) is 16.7 Å². The molecule has 3 aromatic rings. The number of hydroxylamine groups is 1. The van der Waals surface area contributed by atoms with E-state index >= 15 is 0 Å². The van der Waals surface area contributed by atoms with E-state index in [1.165, 1.54) is 12.4 Å². The van der Waals surface area contributed by atoms with Crippen LogP contribution >= 0.6 is 11.6 Å². The first-order valence-corrected chi connectivity index (χ1v) is 9.44. The number of carboxylic acid groups (broad SMARTS) is 1. The Morgan fingerprint density at radius 2 is 2.14 bits per heavy atom. The number of carbonyl (C=O) groups is 1. The number of alkyl halides is 1. The molecule has 3 N–H and O–H groups in total. The number of carboxylic acids is 1. The van der Waals surface area contributed by atoms with E-state index in [9.17, 15) is 14.4 Å². The average molecular weight is 422 g/mol. The lowest BCUT2D eigenvalue weighted by atomic mass is 10.3. The highest BCUT2D eigenvalue weighted by Gasteiger charge is 2.17. The van der Waals surface area contributed by atoms with Crippen molar-refractivity contribution in [1.82, 2.24) is 14.5 Å². The predicted molar refractivity (Wildman–Crippen MR) is 108 cm³/mol. The molecule has 0 amide bonds. The number of halogens is 2. The number of nitrogens with one attached hydrogen (secondary N) is 1. The normalized spacial score (nSPS) is 11.0. The number of aliphatic carboxylic acids is 1. The molecular formula is C19H21ClFN5O3. The van der Waals surface area contributed by atoms with Crippen molar-refractivity contribution < 1.29 is 19.5 Å². The molecule has 0 radical (unpaired) electrons. The van der Waals surface area contributed by atoms with Crippen LogP contribution in [0.4, 0.5) is 15.8 Å². The number of rotatable bonds is 10. The fourth-order valence-electron chi connectivity index (χ4n) is 3.02. The number of hydrogen-bond acceptors (Lipinski definition) is 6. The smallest absolute Gasteiger partial charge is 0.322 e. The van der Waals surface area contributed by atoms with Crippen molar-refractivity contribution in [3.63, 3.8) is 0 Å². The van der Waals surface area contributed by atoms with Crippen LogP contribution in [0.15, 0.2) is 36.7 Å². The Morgan fingerprint density at radius 3 is 2.90 bits per heavy atom. The van der Waals surface area contributed by atoms with Crippen LogP contribution < -0.4 is 10.4 Å². The summed E-state index contributed by atoms with van der Waals surface area (Å²) in [7, 11) is 0. The van der Waals surface area contributed by atoms with Crippen LogP contribution in [-0.4, -0.2) is 44.0 Å². The molecule has 0 atom stereocenters. The Kier molecular flexibility index (Phi) is 6.84. The molecule has 0 unspecified atom stereocenters. The van der Waals surface area contributed by atoms with Gasteiger partial charge in [0.15, 0.2) is 0 Å². The number of anilines is 2. The number of nitrogens with zero attached hydrogens (tertiary/aromatic N) is 4. The molecule has 0 bridgehead atoms. The molecule has 0 saturated carbocycles. The van der Waals surface area contributed by atoms with E-state index in [1.54, 1.807) is 18.2 Å². The molecule has 8 nitrogen and oxygen atoms in total. The van der Waals surface area contributed by atoms with Crippen molar-refractivity contribution in [1.29, 1.82) is 0 Å². The van der Waals surface area contributed by atoms with Gasteiger partial charge in [0.1, 0.15) is 24.6 Å². The summed E-state index contributed by atoms with van der Waals surface area (Å²) in [5.74, 6) is -0.458. The van der Waals surface area contributed by atoms with Crippen molar-refractivity contribution in [2.24, 2.45) is 0 Å². The Balaban J connectivity index is 1.89. The summed E-state index contributed by atoms with van der Waals surface area (Å²) in [6.45, 7) is -0.128. The van der Waals surface area contributed by atoms with Crippen molar-refractivity contribution in [3.8, 4) is 0 Å². The Morgan fingerprint density at radius 1 is 1.31 bits per heavy atom. The van der Waals surface area contributed by atoms with Crippen LogP contribution in [0.1, 0.15) is 18.7 Å². The zero-order chi connectivity index (χ0) is 20.8. The van der Waals surface area contributed by atoms with Gasteiger partial charge in [0, 0.05) is 17.8 Å². The van der Waals surface area contributed by atoms with Crippen LogP contribution in [0.5, 0.6) is 0 Å². The van der Waals surface area contributed by atoms with E-state index in [2.05, 4.69) is 15.3 Å². The molecule has 10 heteroatoms. The van der Waals surface area contributed by atoms with Crippen molar-refractivity contribution >= 4 is 40.0 Å². The molecule has 1 aromatic carbocycles. The van der Waals surface area contributed by atoms with Gasteiger partial charge in [0.05, 0.1) is 29.6 Å². The average Bonchev–Trinajstić information content (AvgIpc) is 3.02. The van der Waals surface area contributed by atoms with E-state index in [0.717, 1.165) is 10.6 Å². The van der Waals surface area contributed by atoms with Crippen LogP contribution in [0.25, 0.3) is 11.0 Å². The van der Waals surface area contributed by atoms with E-state index < -0.39 is 12.6 Å². The van der Waals surface area contributed by atoms with Gasteiger partial charge in [-0.3, -0.25) is 19.4 Å². The van der Waals surface area contributed by atoms with E-state index in [1.807, 2.05) is 10.6 Å². The minimum atomic E-state index is -1.02. The second-order valence-corrected chi connectivity index (χ2v) is 6.84. The first-order valence-electron chi connectivity index (χ1n) is 9.06. The molecular weight excluding hydrogens is 401 g/mol. The summed E-state index contributed by atoms with van der Waals surface area (Å²) in [5, 5.41) is 23.8. The number of unbranched alkanes of at least 4 members (excludes halogenated alkanes) is 1. The second-order valence-electron chi connectivity index (χ2n) is 6.41. The zero-order valence-electron chi connectivity index (χ0n) is 15.6. The van der Waals surface area contributed by atoms with Crippen LogP contribution in [0.2, 0.25) is 5.02 Å². The summed E-state index contributed by atoms with van der Waals surface area (Å²) in [6, 6.07) is 6.91. The summed E-state index contributed by atoms with van der Waals surface area (Å²) in [5.41, 5.74) is 2.26. The molecule has 154 valence electrons. The third-order valence-corrected chi connectivity index (χ3v) is 4.59. The highest BCUT2D eigenvalue weighted by atomic mass is 35.5. The molecule has 0 aliphatic rings. The van der Waals surface area contributed by atoms with Gasteiger partial charge in [-0.25, -0.2) is 10.0 Å². The number of benzene rings is 1. The van der Waals surface area contributed by atoms with E-state index in [-0.39, 0.29) is 13.1 Å². The van der Waals surface area contributed by atoms with Crippen LogP contribution in [-0.2, 0) is 17.9 Å². The van der Waals surface area contributed by atoms with Crippen LogP contribution in [0, 0.1) is 0 Å². The summed E-state index contributed by atoms with van der Waals surface area (Å²) in [6.07, 6.45) is 3.98. The molecule has 2 aromatic heterocycles. The largest absolute Gasteiger partial charge is 0.480 e. The predicted octanol–water partition coefficient (Wildman–Crippen LogP) is 3.73. The summed E-state index contributed by atoms with van der Waals surface area (Å²) in [4.78, 5) is 19.4. The summed E-state index contributed by atoms with van der Waals surface area (Å²) >= 11 is 6.07. The maximum atomic E-state index is 12.5. The lowest BCUT2D eigenvalue weighted by Crippen LogP contribution is -2.23. The summed E-state index contributed by atoms with van der Waals surface area (Å²) < 4.78 is 14.5. The van der Waals surface area contributed by atoms with E-state index in [0.29, 0.717) is 47.1 Å². The molecule has 0 saturated heterocycles. The SMILES string of the molecule is O=C(O)CNc1ccncc1N(O)Cc1nc2cc(Cl)ccc2n1CCCCF. The van der Waals surface area contributed by atoms with Gasteiger partial charge >= 0.3 is 5.97 Å². The van der Waals surface area contributed by atoms with Gasteiger partial charge in [-0.1, -0.05) is 11.6 Å². The third kappa shape index (κ3) is 5.12. The molecule has 29 heavy (non-hydrogen) atoms. The quantitative estimate of drug-likeness (QED) is 0.338. The number of hydrogen-bond donors (Lipinski definition) is 3.